The Morgan fingerprint density at radius 1 is 0.809 bits per heavy atom. The molecule has 4 aromatic rings. The van der Waals surface area contributed by atoms with E-state index in [4.69, 9.17) is 34.8 Å². The molecule has 1 saturated carbocycles. The molecule has 0 spiro atoms. The Balaban J connectivity index is 1.32. The molecule has 1 aliphatic rings. The molecule has 3 N–H and O–H groups in total. The minimum Gasteiger partial charge on any atom is -0.326 e. The summed E-state index contributed by atoms with van der Waals surface area (Å²) in [6.07, 6.45) is -4.17. The van der Waals surface area contributed by atoms with Crippen LogP contribution in [0.25, 0.3) is 0 Å². The number of halogens is 10. The molecule has 47 heavy (non-hydrogen) atoms. The van der Waals surface area contributed by atoms with E-state index in [1.807, 2.05) is 5.32 Å². The van der Waals surface area contributed by atoms with Gasteiger partial charge >= 0.3 is 6.18 Å². The van der Waals surface area contributed by atoms with Crippen LogP contribution >= 0.6 is 34.8 Å². The second-order valence-electron chi connectivity index (χ2n) is 10.1. The van der Waals surface area contributed by atoms with Gasteiger partial charge in [0.25, 0.3) is 11.8 Å². The van der Waals surface area contributed by atoms with E-state index >= 15 is 4.39 Å². The van der Waals surface area contributed by atoms with Crippen LogP contribution < -0.4 is 16.0 Å². The highest BCUT2D eigenvalue weighted by Crippen LogP contribution is 2.65. The number of benzene rings is 3. The van der Waals surface area contributed by atoms with E-state index in [0.29, 0.717) is 12.1 Å². The van der Waals surface area contributed by atoms with E-state index in [-0.39, 0.29) is 27.4 Å². The smallest absolute Gasteiger partial charge is 0.326 e. The van der Waals surface area contributed by atoms with Crippen molar-refractivity contribution in [3.63, 3.8) is 0 Å². The van der Waals surface area contributed by atoms with Crippen LogP contribution in [0.5, 0.6) is 0 Å². The Kier molecular flexibility index (Phi) is 9.14. The number of anilines is 3. The molecular formula is C30H16Cl3F7N4O3. The van der Waals surface area contributed by atoms with Crippen LogP contribution in [0, 0.1) is 29.3 Å². The third kappa shape index (κ3) is 6.99. The van der Waals surface area contributed by atoms with Gasteiger partial charge in [-0.25, -0.2) is 18.2 Å². The Morgan fingerprint density at radius 3 is 2.17 bits per heavy atom. The van der Waals surface area contributed by atoms with Crippen molar-refractivity contribution >= 4 is 69.6 Å². The first kappa shape index (κ1) is 33.9. The average Bonchev–Trinajstić information content (AvgIpc) is 3.59. The monoisotopic (exact) mass is 718 g/mol. The van der Waals surface area contributed by atoms with Crippen LogP contribution in [0.2, 0.25) is 5.02 Å². The van der Waals surface area contributed by atoms with Gasteiger partial charge in [0.15, 0.2) is 5.82 Å². The van der Waals surface area contributed by atoms with Crippen molar-refractivity contribution in [2.45, 2.75) is 16.4 Å². The third-order valence-electron chi connectivity index (χ3n) is 7.04. The predicted octanol–water partition coefficient (Wildman–Crippen LogP) is 8.34. The van der Waals surface area contributed by atoms with Crippen LogP contribution in [-0.4, -0.2) is 27.0 Å². The molecule has 0 radical (unpaired) electrons. The summed E-state index contributed by atoms with van der Waals surface area (Å²) >= 11 is 18.6. The number of nitrogens with one attached hydrogen (secondary N) is 3. The zero-order chi connectivity index (χ0) is 34.4. The molecule has 1 fully saturated rings. The minimum atomic E-state index is -5.01. The van der Waals surface area contributed by atoms with Crippen LogP contribution in [0.4, 0.5) is 47.8 Å². The molecule has 0 saturated heterocycles. The Bertz CT molecular complexity index is 1920. The standard InChI is InChI=1S/C30H16Cl3F7N4O3/c31-17-4-3-14(42-28(47)23-22(29(23,32)33)12-1-5-18(34)16(9-12)30(38,39)40)10-15(17)27(46)43-20-7-6-19(35)25(24(20)37)44-26(45)13-2-8-21(36)41-11-13/h1-11,22-23H,(H,42,47)(H,43,46)(H,44,45)/t22-,23+/m0/s1. The van der Waals surface area contributed by atoms with E-state index in [0.717, 1.165) is 42.6 Å². The SMILES string of the molecule is O=C(Nc1c(F)ccc(NC(=O)c2cc(NC(=O)[C@H]3[C@H](c4ccc(F)c(C(F)(F)F)c4)C3(Cl)Cl)ccc2Cl)c1F)c1ccc(F)nc1. The molecule has 244 valence electrons. The molecule has 0 unspecified atom stereocenters. The molecule has 7 nitrogen and oxygen atoms in total. The molecule has 0 aliphatic heterocycles. The molecule has 17 heteroatoms. The maximum absolute atomic E-state index is 15.2. The first-order chi connectivity index (χ1) is 22.0. The van der Waals surface area contributed by atoms with E-state index in [1.54, 1.807) is 0 Å². The minimum absolute atomic E-state index is 0.0464. The zero-order valence-corrected chi connectivity index (χ0v) is 25.2. The maximum atomic E-state index is 15.2. The number of nitrogens with zero attached hydrogens (tertiary/aromatic N) is 1. The topological polar surface area (TPSA) is 100 Å². The third-order valence-corrected chi connectivity index (χ3v) is 8.31. The Morgan fingerprint density at radius 2 is 1.51 bits per heavy atom. The molecule has 3 amide bonds. The maximum Gasteiger partial charge on any atom is 0.419 e. The van der Waals surface area contributed by atoms with Crippen LogP contribution in [0.3, 0.4) is 0 Å². The van der Waals surface area contributed by atoms with Crippen molar-refractivity contribution in [1.29, 1.82) is 0 Å². The van der Waals surface area contributed by atoms with Gasteiger partial charge in [0.2, 0.25) is 11.9 Å². The normalized spacial score (nSPS) is 16.7. The van der Waals surface area contributed by atoms with Gasteiger partial charge in [-0.05, 0) is 60.2 Å². The van der Waals surface area contributed by atoms with E-state index < -0.39 is 80.4 Å². The highest BCUT2D eigenvalue weighted by atomic mass is 35.5. The number of carbonyl (C=O) groups is 3. The molecule has 2 atom stereocenters. The number of carbonyl (C=O) groups excluding carboxylic acids is 3. The fourth-order valence-electron chi connectivity index (χ4n) is 4.67. The summed E-state index contributed by atoms with van der Waals surface area (Å²) in [6, 6.07) is 9.20. The van der Waals surface area contributed by atoms with Gasteiger partial charge in [0.05, 0.1) is 33.3 Å². The van der Waals surface area contributed by atoms with Crippen molar-refractivity contribution in [3.05, 3.63) is 118 Å². The lowest BCUT2D eigenvalue weighted by Crippen LogP contribution is -2.19. The number of pyridine rings is 1. The number of amides is 3. The van der Waals surface area contributed by atoms with Crippen LogP contribution in [0.1, 0.15) is 37.8 Å². The zero-order valence-electron chi connectivity index (χ0n) is 23.0. The van der Waals surface area contributed by atoms with Crippen molar-refractivity contribution in [3.8, 4) is 0 Å². The van der Waals surface area contributed by atoms with Gasteiger partial charge in [-0.3, -0.25) is 14.4 Å². The van der Waals surface area contributed by atoms with Crippen molar-refractivity contribution in [1.82, 2.24) is 4.98 Å². The Hall–Kier alpha value is -4.40. The van der Waals surface area contributed by atoms with E-state index in [1.165, 1.54) is 12.1 Å². The van der Waals surface area contributed by atoms with Crippen LogP contribution in [0.15, 0.2) is 66.9 Å². The molecule has 3 aromatic carbocycles. The summed E-state index contributed by atoms with van der Waals surface area (Å²) < 4.78 is 94.3. The molecule has 1 aromatic heterocycles. The first-order valence-corrected chi connectivity index (χ1v) is 14.2. The number of hydrogen-bond donors (Lipinski definition) is 3. The summed E-state index contributed by atoms with van der Waals surface area (Å²) in [5, 5.41) is 6.43. The largest absolute Gasteiger partial charge is 0.419 e. The number of aromatic nitrogens is 1. The van der Waals surface area contributed by atoms with Gasteiger partial charge in [0.1, 0.15) is 21.7 Å². The van der Waals surface area contributed by atoms with E-state index in [9.17, 15) is 40.7 Å². The molecule has 0 bridgehead atoms. The summed E-state index contributed by atoms with van der Waals surface area (Å²) in [6.45, 7) is 0. The van der Waals surface area contributed by atoms with Gasteiger partial charge in [-0.15, -0.1) is 23.2 Å². The summed E-state index contributed by atoms with van der Waals surface area (Å²) in [4.78, 5) is 41.8. The lowest BCUT2D eigenvalue weighted by molar-refractivity contribution is -0.140. The fraction of sp³-hybridized carbons (Fsp3) is 0.133. The van der Waals surface area contributed by atoms with Gasteiger partial charge in [-0.1, -0.05) is 17.7 Å². The highest BCUT2D eigenvalue weighted by molar-refractivity contribution is 6.53. The quantitative estimate of drug-likeness (QED) is 0.102. The number of hydrogen-bond acceptors (Lipinski definition) is 4. The lowest BCUT2D eigenvalue weighted by atomic mass is 10.0. The molecule has 1 heterocycles. The molecule has 1 aliphatic carbocycles. The summed E-state index contributed by atoms with van der Waals surface area (Å²) in [7, 11) is 0. The fourth-order valence-corrected chi connectivity index (χ4v) is 5.70. The highest BCUT2D eigenvalue weighted by Gasteiger charge is 2.67. The second-order valence-corrected chi connectivity index (χ2v) is 12.0. The Labute approximate surface area is 275 Å². The van der Waals surface area contributed by atoms with E-state index in [2.05, 4.69) is 15.6 Å². The summed E-state index contributed by atoms with van der Waals surface area (Å²) in [5.41, 5.74) is -3.77. The number of alkyl halides is 5. The summed E-state index contributed by atoms with van der Waals surface area (Å²) in [5.74, 6) is -10.3. The van der Waals surface area contributed by atoms with Crippen molar-refractivity contribution < 1.29 is 45.1 Å². The second kappa shape index (κ2) is 12.7. The van der Waals surface area contributed by atoms with Gasteiger partial charge in [-0.2, -0.15) is 17.6 Å². The molecule has 5 rings (SSSR count). The van der Waals surface area contributed by atoms with Gasteiger partial charge < -0.3 is 16.0 Å². The lowest BCUT2D eigenvalue weighted by Gasteiger charge is -2.13. The average molecular weight is 720 g/mol. The van der Waals surface area contributed by atoms with Gasteiger partial charge in [0, 0.05) is 17.8 Å². The van der Waals surface area contributed by atoms with Crippen LogP contribution in [-0.2, 0) is 11.0 Å². The van der Waals surface area contributed by atoms with Crippen molar-refractivity contribution in [2.75, 3.05) is 16.0 Å². The first-order valence-electron chi connectivity index (χ1n) is 13.1. The number of rotatable bonds is 7. The predicted molar refractivity (Wildman–Crippen MR) is 159 cm³/mol. The molecular weight excluding hydrogens is 704 g/mol. The van der Waals surface area contributed by atoms with Crippen molar-refractivity contribution in [2.24, 2.45) is 5.92 Å².